The maximum atomic E-state index is 13.6. The number of carbonyl (C=O) groups excluding carboxylic acids is 2. The number of nitrogens with zero attached hydrogens (tertiary/aromatic N) is 3. The molecule has 0 bridgehead atoms. The maximum absolute atomic E-state index is 13.6. The monoisotopic (exact) mass is 569 g/mol. The predicted molar refractivity (Wildman–Crippen MR) is 148 cm³/mol. The number of carbonyl (C=O) groups is 2. The van der Waals surface area contributed by atoms with Crippen molar-refractivity contribution in [2.45, 2.75) is 31.9 Å². The number of benzene rings is 2. The summed E-state index contributed by atoms with van der Waals surface area (Å²) in [4.78, 5) is 35.4. The van der Waals surface area contributed by atoms with Gasteiger partial charge >= 0.3 is 5.97 Å². The molecule has 210 valence electrons. The van der Waals surface area contributed by atoms with E-state index >= 15 is 0 Å². The van der Waals surface area contributed by atoms with E-state index < -0.39 is 5.82 Å². The van der Waals surface area contributed by atoms with Crippen LogP contribution in [-0.2, 0) is 19.1 Å². The normalized spacial score (nSPS) is 19.1. The van der Waals surface area contributed by atoms with E-state index in [1.54, 1.807) is 24.3 Å². The molecule has 3 heterocycles. The average molecular weight is 570 g/mol. The molecular weight excluding hydrogens is 541 g/mol. The molecule has 5 rings (SSSR count). The van der Waals surface area contributed by atoms with Crippen LogP contribution in [0.4, 0.5) is 21.6 Å². The lowest BCUT2D eigenvalue weighted by atomic mass is 10.0. The van der Waals surface area contributed by atoms with Gasteiger partial charge in [0.05, 0.1) is 41.5 Å². The Balaban J connectivity index is 1.40. The van der Waals surface area contributed by atoms with Crippen LogP contribution in [0, 0.1) is 5.82 Å². The zero-order valence-corrected chi connectivity index (χ0v) is 22.8. The fourth-order valence-electron chi connectivity index (χ4n) is 4.41. The summed E-state index contributed by atoms with van der Waals surface area (Å²) in [6.07, 6.45) is 5.09. The molecule has 0 spiro atoms. The van der Waals surface area contributed by atoms with E-state index in [9.17, 15) is 14.0 Å². The van der Waals surface area contributed by atoms with Gasteiger partial charge < -0.3 is 24.8 Å². The van der Waals surface area contributed by atoms with Crippen molar-refractivity contribution in [2.24, 2.45) is 0 Å². The van der Waals surface area contributed by atoms with Gasteiger partial charge in [0.15, 0.2) is 0 Å². The van der Waals surface area contributed by atoms with Crippen molar-refractivity contribution in [2.75, 3.05) is 43.5 Å². The Kier molecular flexibility index (Phi) is 8.15. The Hall–Kier alpha value is -3.80. The van der Waals surface area contributed by atoms with Gasteiger partial charge in [-0.05, 0) is 38.1 Å². The molecule has 2 fully saturated rings. The summed E-state index contributed by atoms with van der Waals surface area (Å²) >= 11 is 5.94. The van der Waals surface area contributed by atoms with Crippen LogP contribution in [0.2, 0.25) is 5.02 Å². The van der Waals surface area contributed by atoms with Crippen molar-refractivity contribution in [3.63, 3.8) is 0 Å². The second kappa shape index (κ2) is 11.7. The van der Waals surface area contributed by atoms with Crippen molar-refractivity contribution in [1.29, 1.82) is 0 Å². The lowest BCUT2D eigenvalue weighted by Crippen LogP contribution is -2.54. The van der Waals surface area contributed by atoms with Crippen LogP contribution in [0.1, 0.15) is 20.3 Å². The number of aromatic nitrogens is 2. The third kappa shape index (κ3) is 6.49. The van der Waals surface area contributed by atoms with Gasteiger partial charge in [0.2, 0.25) is 5.91 Å². The van der Waals surface area contributed by atoms with E-state index in [1.165, 1.54) is 24.5 Å². The predicted octanol–water partition coefficient (Wildman–Crippen LogP) is 4.47. The highest BCUT2D eigenvalue weighted by atomic mass is 35.5. The van der Waals surface area contributed by atoms with Gasteiger partial charge in [-0.3, -0.25) is 14.5 Å². The standard InChI is InChI=1S/C28H29ClFN5O5/c1-28(2)15-39-26(37)13-35(28)8-3-4-25(36)34-23-11-19-22(12-24(23)40-18-7-9-38-14-18)31-16-32-27(19)33-17-5-6-21(30)20(29)10-17/h3-6,10-12,16,18H,7-9,13-15H2,1-2H3,(H,34,36)(H,31,32,33)/t18-/m1/s1. The van der Waals surface area contributed by atoms with Gasteiger partial charge in [-0.1, -0.05) is 17.7 Å². The van der Waals surface area contributed by atoms with Gasteiger partial charge in [-0.25, -0.2) is 14.4 Å². The fourth-order valence-corrected chi connectivity index (χ4v) is 4.59. The number of halogens is 2. The van der Waals surface area contributed by atoms with Gasteiger partial charge in [0.1, 0.15) is 36.4 Å². The molecule has 3 aromatic rings. The summed E-state index contributed by atoms with van der Waals surface area (Å²) in [5, 5.41) is 6.61. The number of hydrogen-bond donors (Lipinski definition) is 2. The number of morpholine rings is 1. The second-order valence-corrected chi connectivity index (χ2v) is 10.6. The van der Waals surface area contributed by atoms with Crippen molar-refractivity contribution < 1.29 is 28.2 Å². The molecule has 10 nitrogen and oxygen atoms in total. The highest BCUT2D eigenvalue weighted by Crippen LogP contribution is 2.35. The minimum absolute atomic E-state index is 0.0256. The molecule has 2 N–H and O–H groups in total. The number of hydrogen-bond acceptors (Lipinski definition) is 9. The summed E-state index contributed by atoms with van der Waals surface area (Å²) in [5.74, 6) is -0.311. The lowest BCUT2D eigenvalue weighted by Gasteiger charge is -2.40. The van der Waals surface area contributed by atoms with Crippen LogP contribution in [0.25, 0.3) is 10.9 Å². The molecule has 0 radical (unpaired) electrons. The smallest absolute Gasteiger partial charge is 0.320 e. The van der Waals surface area contributed by atoms with Crippen molar-refractivity contribution in [1.82, 2.24) is 14.9 Å². The first kappa shape index (κ1) is 27.8. The quantitative estimate of drug-likeness (QED) is 0.299. The minimum atomic E-state index is -0.528. The molecule has 0 aliphatic carbocycles. The summed E-state index contributed by atoms with van der Waals surface area (Å²) in [7, 11) is 0. The maximum Gasteiger partial charge on any atom is 0.320 e. The zero-order valence-electron chi connectivity index (χ0n) is 22.1. The first-order valence-electron chi connectivity index (χ1n) is 12.8. The first-order chi connectivity index (χ1) is 19.2. The lowest BCUT2D eigenvalue weighted by molar-refractivity contribution is -0.159. The highest BCUT2D eigenvalue weighted by molar-refractivity contribution is 6.31. The van der Waals surface area contributed by atoms with Crippen LogP contribution in [-0.4, -0.2) is 71.3 Å². The molecule has 1 aromatic heterocycles. The number of esters is 1. The van der Waals surface area contributed by atoms with E-state index in [2.05, 4.69) is 20.6 Å². The van der Waals surface area contributed by atoms with E-state index in [0.29, 0.717) is 53.6 Å². The SMILES string of the molecule is CC1(C)COC(=O)CN1CC=CC(=O)Nc1cc2c(Nc3ccc(F)c(Cl)c3)ncnc2cc1O[C@@H]1CCOC1. The summed E-state index contributed by atoms with van der Waals surface area (Å²) < 4.78 is 30.4. The largest absolute Gasteiger partial charge is 0.486 e. The van der Waals surface area contributed by atoms with Gasteiger partial charge in [-0.2, -0.15) is 0 Å². The van der Waals surface area contributed by atoms with E-state index in [-0.39, 0.29) is 41.7 Å². The van der Waals surface area contributed by atoms with Gasteiger partial charge in [0, 0.05) is 36.2 Å². The van der Waals surface area contributed by atoms with Crippen LogP contribution >= 0.6 is 11.6 Å². The summed E-state index contributed by atoms with van der Waals surface area (Å²) in [6.45, 7) is 5.84. The molecular formula is C28H29ClFN5O5. The Morgan fingerprint density at radius 3 is 2.92 bits per heavy atom. The van der Waals surface area contributed by atoms with Gasteiger partial charge in [0.25, 0.3) is 0 Å². The van der Waals surface area contributed by atoms with Crippen LogP contribution < -0.4 is 15.4 Å². The molecule has 2 aliphatic heterocycles. The molecule has 0 saturated carbocycles. The number of fused-ring (bicyclic) bond motifs is 1. The first-order valence-corrected chi connectivity index (χ1v) is 13.2. The Morgan fingerprint density at radius 1 is 1.30 bits per heavy atom. The molecule has 2 aromatic carbocycles. The van der Waals surface area contributed by atoms with Crippen molar-refractivity contribution >= 4 is 51.6 Å². The van der Waals surface area contributed by atoms with Gasteiger partial charge in [-0.15, -0.1) is 0 Å². The number of rotatable bonds is 8. The number of ether oxygens (including phenoxy) is 3. The summed E-state index contributed by atoms with van der Waals surface area (Å²) in [5.41, 5.74) is 1.20. The Labute approximate surface area is 235 Å². The average Bonchev–Trinajstić information content (AvgIpc) is 3.42. The third-order valence-electron chi connectivity index (χ3n) is 6.72. The van der Waals surface area contributed by atoms with Crippen LogP contribution in [0.3, 0.4) is 0 Å². The molecule has 2 saturated heterocycles. The number of anilines is 3. The number of cyclic esters (lactones) is 1. The molecule has 0 unspecified atom stereocenters. The molecule has 1 atom stereocenters. The molecule has 2 aliphatic rings. The van der Waals surface area contributed by atoms with E-state index in [0.717, 1.165) is 6.42 Å². The topological polar surface area (TPSA) is 115 Å². The van der Waals surface area contributed by atoms with Crippen molar-refractivity contribution in [3.05, 3.63) is 59.7 Å². The molecule has 12 heteroatoms. The van der Waals surface area contributed by atoms with E-state index in [1.807, 2.05) is 18.7 Å². The van der Waals surface area contributed by atoms with Crippen LogP contribution in [0.5, 0.6) is 5.75 Å². The Morgan fingerprint density at radius 2 is 2.15 bits per heavy atom. The number of amides is 1. The Bertz CT molecular complexity index is 1460. The second-order valence-electron chi connectivity index (χ2n) is 10.2. The highest BCUT2D eigenvalue weighted by Gasteiger charge is 2.34. The van der Waals surface area contributed by atoms with Crippen molar-refractivity contribution in [3.8, 4) is 5.75 Å². The third-order valence-corrected chi connectivity index (χ3v) is 7.01. The number of nitrogens with one attached hydrogen (secondary N) is 2. The molecule has 40 heavy (non-hydrogen) atoms. The molecule has 1 amide bonds. The zero-order chi connectivity index (χ0) is 28.3. The van der Waals surface area contributed by atoms with Crippen LogP contribution in [0.15, 0.2) is 48.8 Å². The van der Waals surface area contributed by atoms with E-state index in [4.69, 9.17) is 25.8 Å². The minimum Gasteiger partial charge on any atom is -0.486 e. The fraction of sp³-hybridized carbons (Fsp3) is 0.357. The summed E-state index contributed by atoms with van der Waals surface area (Å²) in [6, 6.07) is 7.72.